The van der Waals surface area contributed by atoms with Gasteiger partial charge in [0.25, 0.3) is 5.69 Å². The topological polar surface area (TPSA) is 129 Å². The Labute approximate surface area is 149 Å². The van der Waals surface area contributed by atoms with Gasteiger partial charge in [-0.25, -0.2) is 0 Å². The number of rotatable bonds is 9. The van der Waals surface area contributed by atoms with Crippen molar-refractivity contribution in [2.75, 3.05) is 31.2 Å². The van der Waals surface area contributed by atoms with Crippen molar-refractivity contribution in [2.24, 2.45) is 10.2 Å². The molecule has 0 heterocycles. The van der Waals surface area contributed by atoms with E-state index in [-0.39, 0.29) is 30.2 Å². The second-order valence-electron chi connectivity index (χ2n) is 5.27. The van der Waals surface area contributed by atoms with Crippen LogP contribution in [0.3, 0.4) is 0 Å². The van der Waals surface area contributed by atoms with E-state index >= 15 is 0 Å². The minimum absolute atomic E-state index is 0.0398. The lowest BCUT2D eigenvalue weighted by Gasteiger charge is -2.22. The molecule has 0 aliphatic heterocycles. The van der Waals surface area contributed by atoms with Crippen LogP contribution in [0, 0.1) is 10.1 Å². The van der Waals surface area contributed by atoms with Gasteiger partial charge in [-0.15, -0.1) is 5.11 Å². The maximum Gasteiger partial charge on any atom is 0.297 e. The molecule has 9 nitrogen and oxygen atoms in total. The summed E-state index contributed by atoms with van der Waals surface area (Å²) < 4.78 is 0. The summed E-state index contributed by atoms with van der Waals surface area (Å²) in [5, 5.41) is 37.1. The van der Waals surface area contributed by atoms with Crippen molar-refractivity contribution in [3.8, 4) is 0 Å². The van der Waals surface area contributed by atoms with Crippen LogP contribution >= 0.6 is 0 Å². The average molecular weight is 358 g/mol. The van der Waals surface area contributed by atoms with Gasteiger partial charge in [0.05, 0.1) is 23.8 Å². The fourth-order valence-electron chi connectivity index (χ4n) is 2.30. The molecule has 0 aromatic heterocycles. The van der Waals surface area contributed by atoms with E-state index in [9.17, 15) is 14.9 Å². The molecule has 0 bridgehead atoms. The molecule has 2 aromatic rings. The molecule has 2 N–H and O–H groups in total. The van der Waals surface area contributed by atoms with Crippen LogP contribution in [0.5, 0.6) is 0 Å². The van der Waals surface area contributed by atoms with Crippen molar-refractivity contribution in [3.63, 3.8) is 0 Å². The molecular formula is C17H18N4O5. The highest BCUT2D eigenvalue weighted by molar-refractivity contribution is 5.78. The molecule has 0 saturated carbocycles. The molecule has 0 saturated heterocycles. The summed E-state index contributed by atoms with van der Waals surface area (Å²) >= 11 is 0. The number of carbonyl (C=O) groups is 1. The molecular weight excluding hydrogens is 340 g/mol. The smallest absolute Gasteiger partial charge is 0.297 e. The van der Waals surface area contributed by atoms with Crippen LogP contribution in [0.25, 0.3) is 0 Å². The fraction of sp³-hybridized carbons (Fsp3) is 0.235. The number of aliphatic hydroxyl groups is 2. The summed E-state index contributed by atoms with van der Waals surface area (Å²) in [7, 11) is 0. The van der Waals surface area contributed by atoms with Crippen molar-refractivity contribution in [1.29, 1.82) is 0 Å². The number of benzene rings is 2. The number of nitro benzene ring substituents is 1. The standard InChI is InChI=1S/C17H18N4O5/c22-9-7-20(8-10-23)15-4-2-14(3-5-15)18-19-16-6-1-13(12-24)11-17(16)21(25)26/h1-6,11-12,22-23H,7-10H2. The highest BCUT2D eigenvalue weighted by Crippen LogP contribution is 2.30. The van der Waals surface area contributed by atoms with Crippen molar-refractivity contribution in [1.82, 2.24) is 0 Å². The maximum atomic E-state index is 11.1. The zero-order valence-corrected chi connectivity index (χ0v) is 13.9. The Kier molecular flexibility index (Phi) is 6.89. The van der Waals surface area contributed by atoms with Crippen molar-refractivity contribution < 1.29 is 19.9 Å². The van der Waals surface area contributed by atoms with E-state index in [0.29, 0.717) is 25.1 Å². The molecule has 2 rings (SSSR count). The molecule has 0 aliphatic rings. The van der Waals surface area contributed by atoms with E-state index in [1.165, 1.54) is 12.1 Å². The van der Waals surface area contributed by atoms with Crippen LogP contribution in [0.15, 0.2) is 52.7 Å². The summed E-state index contributed by atoms with van der Waals surface area (Å²) in [6.45, 7) is 0.692. The molecule has 26 heavy (non-hydrogen) atoms. The highest BCUT2D eigenvalue weighted by Gasteiger charge is 2.14. The van der Waals surface area contributed by atoms with E-state index in [0.717, 1.165) is 11.8 Å². The maximum absolute atomic E-state index is 11.1. The highest BCUT2D eigenvalue weighted by atomic mass is 16.6. The molecule has 0 aliphatic carbocycles. The molecule has 2 aromatic carbocycles. The number of hydrogen-bond donors (Lipinski definition) is 2. The van der Waals surface area contributed by atoms with Crippen LogP contribution in [-0.4, -0.2) is 47.7 Å². The van der Waals surface area contributed by atoms with E-state index in [2.05, 4.69) is 10.2 Å². The summed E-state index contributed by atoms with van der Waals surface area (Å²) in [5.41, 5.74) is 1.22. The Morgan fingerprint density at radius 2 is 1.69 bits per heavy atom. The first-order chi connectivity index (χ1) is 12.6. The minimum Gasteiger partial charge on any atom is -0.395 e. The Morgan fingerprint density at radius 1 is 1.04 bits per heavy atom. The summed E-state index contributed by atoms with van der Waals surface area (Å²) in [4.78, 5) is 23.0. The normalized spacial score (nSPS) is 10.8. The largest absolute Gasteiger partial charge is 0.395 e. The number of hydrogen-bond acceptors (Lipinski definition) is 8. The summed E-state index contributed by atoms with van der Waals surface area (Å²) in [5.74, 6) is 0. The fourth-order valence-corrected chi connectivity index (χ4v) is 2.30. The number of anilines is 1. The second-order valence-corrected chi connectivity index (χ2v) is 5.27. The number of aldehydes is 1. The Balaban J connectivity index is 2.21. The van der Waals surface area contributed by atoms with Crippen LogP contribution < -0.4 is 4.90 Å². The van der Waals surface area contributed by atoms with Gasteiger partial charge in [-0.05, 0) is 36.4 Å². The molecule has 9 heteroatoms. The molecule has 0 atom stereocenters. The van der Waals surface area contributed by atoms with E-state index in [4.69, 9.17) is 10.2 Å². The lowest BCUT2D eigenvalue weighted by molar-refractivity contribution is -0.384. The van der Waals surface area contributed by atoms with Crippen LogP contribution in [0.1, 0.15) is 10.4 Å². The third kappa shape index (κ3) is 4.91. The van der Waals surface area contributed by atoms with Gasteiger partial charge in [-0.2, -0.15) is 5.11 Å². The third-order valence-corrected chi connectivity index (χ3v) is 3.56. The molecule has 0 amide bonds. The summed E-state index contributed by atoms with van der Waals surface area (Å²) in [6.07, 6.45) is 0.525. The lowest BCUT2D eigenvalue weighted by atomic mass is 10.2. The predicted molar refractivity (Wildman–Crippen MR) is 95.5 cm³/mol. The first-order valence-corrected chi connectivity index (χ1v) is 7.81. The van der Waals surface area contributed by atoms with Crippen LogP contribution in [-0.2, 0) is 0 Å². The van der Waals surface area contributed by atoms with Crippen molar-refractivity contribution in [2.45, 2.75) is 0 Å². The summed E-state index contributed by atoms with van der Waals surface area (Å²) in [6, 6.07) is 10.8. The monoisotopic (exact) mass is 358 g/mol. The molecule has 0 unspecified atom stereocenters. The van der Waals surface area contributed by atoms with Gasteiger partial charge in [0.15, 0.2) is 5.69 Å². The number of nitro groups is 1. The van der Waals surface area contributed by atoms with Crippen LogP contribution in [0.2, 0.25) is 0 Å². The van der Waals surface area contributed by atoms with Gasteiger partial charge < -0.3 is 15.1 Å². The first-order valence-electron chi connectivity index (χ1n) is 7.81. The first kappa shape index (κ1) is 19.2. The number of nitrogens with zero attached hydrogens (tertiary/aromatic N) is 4. The van der Waals surface area contributed by atoms with E-state index in [1.807, 2.05) is 4.90 Å². The minimum atomic E-state index is -0.619. The molecule has 136 valence electrons. The molecule has 0 fully saturated rings. The predicted octanol–water partition coefficient (Wildman–Crippen LogP) is 2.61. The SMILES string of the molecule is O=Cc1ccc(N=Nc2ccc(N(CCO)CCO)cc2)c([N+](=O)[O-])c1. The van der Waals surface area contributed by atoms with E-state index < -0.39 is 4.92 Å². The van der Waals surface area contributed by atoms with Gasteiger partial charge in [0, 0.05) is 30.4 Å². The zero-order chi connectivity index (χ0) is 18.9. The molecule has 0 spiro atoms. The van der Waals surface area contributed by atoms with Gasteiger partial charge in [0.2, 0.25) is 0 Å². The number of azo groups is 1. The van der Waals surface area contributed by atoms with Crippen molar-refractivity contribution >= 4 is 29.0 Å². The Morgan fingerprint density at radius 3 is 2.23 bits per heavy atom. The number of carbonyl (C=O) groups excluding carboxylic acids is 1. The quantitative estimate of drug-likeness (QED) is 0.307. The number of aliphatic hydroxyl groups excluding tert-OH is 2. The Hall–Kier alpha value is -3.17. The Bertz CT molecular complexity index is 786. The average Bonchev–Trinajstić information content (AvgIpc) is 2.66. The third-order valence-electron chi connectivity index (χ3n) is 3.56. The second kappa shape index (κ2) is 9.35. The zero-order valence-electron chi connectivity index (χ0n) is 13.9. The molecule has 0 radical (unpaired) electrons. The van der Waals surface area contributed by atoms with Gasteiger partial charge in [-0.1, -0.05) is 0 Å². The van der Waals surface area contributed by atoms with Crippen LogP contribution in [0.4, 0.5) is 22.7 Å². The van der Waals surface area contributed by atoms with Gasteiger partial charge >= 0.3 is 0 Å². The van der Waals surface area contributed by atoms with Gasteiger partial charge in [0.1, 0.15) is 6.29 Å². The van der Waals surface area contributed by atoms with E-state index in [1.54, 1.807) is 24.3 Å². The van der Waals surface area contributed by atoms with Crippen molar-refractivity contribution in [3.05, 3.63) is 58.1 Å². The lowest BCUT2D eigenvalue weighted by Crippen LogP contribution is -2.29. The van der Waals surface area contributed by atoms with Gasteiger partial charge in [-0.3, -0.25) is 14.9 Å².